The summed E-state index contributed by atoms with van der Waals surface area (Å²) in [5.74, 6) is 0. The second-order valence-electron chi connectivity index (χ2n) is 3.22. The summed E-state index contributed by atoms with van der Waals surface area (Å²) in [7, 11) is -3.14. The molecule has 0 aliphatic heterocycles. The zero-order chi connectivity index (χ0) is 9.90. The molecule has 0 saturated heterocycles. The Balaban J connectivity index is 3.01. The van der Waals surface area contributed by atoms with Crippen LogP contribution in [0.3, 0.4) is 0 Å². The van der Waals surface area contributed by atoms with Crippen LogP contribution in [0.15, 0.2) is 30.3 Å². The van der Waals surface area contributed by atoms with E-state index in [9.17, 15) is 9.46 Å². The molecule has 3 heteroatoms. The van der Waals surface area contributed by atoms with Crippen LogP contribution in [0, 0.1) is 0 Å². The van der Waals surface area contributed by atoms with Gasteiger partial charge in [0.05, 0.1) is 0 Å². The topological polar surface area (TPSA) is 37.3 Å². The van der Waals surface area contributed by atoms with Gasteiger partial charge >= 0.3 is 0 Å². The van der Waals surface area contributed by atoms with Gasteiger partial charge in [0.25, 0.3) is 0 Å². The predicted molar refractivity (Wildman–Crippen MR) is 55.7 cm³/mol. The molecular formula is C10H15O2P. The zero-order valence-electron chi connectivity index (χ0n) is 7.97. The molecule has 1 aromatic carbocycles. The first kappa shape index (κ1) is 10.5. The summed E-state index contributed by atoms with van der Waals surface area (Å²) in [6, 6.07) is 8.86. The van der Waals surface area contributed by atoms with Gasteiger partial charge in [-0.3, -0.25) is 4.57 Å². The highest BCUT2D eigenvalue weighted by Gasteiger charge is 2.27. The molecule has 0 saturated carbocycles. The third kappa shape index (κ3) is 2.20. The van der Waals surface area contributed by atoms with Crippen LogP contribution in [-0.2, 0) is 4.57 Å². The molecule has 0 bridgehead atoms. The summed E-state index contributed by atoms with van der Waals surface area (Å²) in [6.07, 6.45) is 0.725. The maximum atomic E-state index is 11.9. The Labute approximate surface area is 79.1 Å². The average molecular weight is 198 g/mol. The minimum Gasteiger partial charge on any atom is -0.341 e. The Hall–Kier alpha value is -0.590. The van der Waals surface area contributed by atoms with Crippen LogP contribution in [-0.4, -0.2) is 10.6 Å². The fourth-order valence-corrected chi connectivity index (χ4v) is 2.75. The van der Waals surface area contributed by atoms with E-state index in [-0.39, 0.29) is 5.66 Å². The van der Waals surface area contributed by atoms with Crippen molar-refractivity contribution in [1.29, 1.82) is 0 Å². The summed E-state index contributed by atoms with van der Waals surface area (Å²) in [5.41, 5.74) is -0.158. The molecular weight excluding hydrogens is 183 g/mol. The fraction of sp³-hybridized carbons (Fsp3) is 0.400. The molecule has 13 heavy (non-hydrogen) atoms. The highest BCUT2D eigenvalue weighted by molar-refractivity contribution is 7.66. The summed E-state index contributed by atoms with van der Waals surface area (Å²) in [6.45, 7) is 3.74. The summed E-state index contributed by atoms with van der Waals surface area (Å²) in [4.78, 5) is 9.81. The van der Waals surface area contributed by atoms with Crippen molar-refractivity contribution in [2.24, 2.45) is 0 Å². The Morgan fingerprint density at radius 1 is 1.38 bits per heavy atom. The predicted octanol–water partition coefficient (Wildman–Crippen LogP) is 2.38. The minimum atomic E-state index is -3.14. The van der Waals surface area contributed by atoms with Crippen molar-refractivity contribution in [3.63, 3.8) is 0 Å². The van der Waals surface area contributed by atoms with Gasteiger partial charge in [-0.05, 0) is 18.6 Å². The van der Waals surface area contributed by atoms with E-state index in [4.69, 9.17) is 0 Å². The quantitative estimate of drug-likeness (QED) is 0.757. The summed E-state index contributed by atoms with van der Waals surface area (Å²) >= 11 is 0. The highest BCUT2D eigenvalue weighted by atomic mass is 31.2. The monoisotopic (exact) mass is 198 g/mol. The van der Waals surface area contributed by atoms with Crippen LogP contribution in [0.1, 0.15) is 20.3 Å². The first-order chi connectivity index (χ1) is 6.09. The molecule has 2 nitrogen and oxygen atoms in total. The van der Waals surface area contributed by atoms with Gasteiger partial charge in [-0.25, -0.2) is 0 Å². The summed E-state index contributed by atoms with van der Waals surface area (Å²) in [5, 5.41) is 0.560. The van der Waals surface area contributed by atoms with Gasteiger partial charge < -0.3 is 4.89 Å². The standard InChI is InChI=1S/C10H15O2P/c1-3-9(2)13(11,12)10-7-5-4-6-8-10/h4-9H,3H2,1-2H3,(H,11,12). The molecule has 0 fully saturated rings. The van der Waals surface area contributed by atoms with E-state index in [0.29, 0.717) is 5.30 Å². The minimum absolute atomic E-state index is 0.158. The molecule has 1 aromatic rings. The van der Waals surface area contributed by atoms with E-state index < -0.39 is 7.37 Å². The van der Waals surface area contributed by atoms with Crippen molar-refractivity contribution in [3.8, 4) is 0 Å². The van der Waals surface area contributed by atoms with Crippen LogP contribution < -0.4 is 5.30 Å². The van der Waals surface area contributed by atoms with E-state index in [1.807, 2.05) is 19.9 Å². The Bertz CT molecular complexity index is 308. The van der Waals surface area contributed by atoms with Crippen LogP contribution in [0.2, 0.25) is 0 Å². The van der Waals surface area contributed by atoms with E-state index in [1.165, 1.54) is 0 Å². The zero-order valence-corrected chi connectivity index (χ0v) is 8.87. The van der Waals surface area contributed by atoms with Crippen molar-refractivity contribution in [3.05, 3.63) is 30.3 Å². The van der Waals surface area contributed by atoms with Gasteiger partial charge in [-0.15, -0.1) is 0 Å². The molecule has 0 heterocycles. The first-order valence-corrected chi connectivity index (χ1v) is 6.20. The van der Waals surface area contributed by atoms with Crippen molar-refractivity contribution in [1.82, 2.24) is 0 Å². The SMILES string of the molecule is CCC(C)P(=O)(O)c1ccccc1. The molecule has 2 atom stereocenters. The van der Waals surface area contributed by atoms with E-state index in [2.05, 4.69) is 0 Å². The van der Waals surface area contributed by atoms with Crippen LogP contribution in [0.4, 0.5) is 0 Å². The van der Waals surface area contributed by atoms with Gasteiger partial charge in [0.1, 0.15) is 0 Å². The molecule has 1 rings (SSSR count). The Morgan fingerprint density at radius 2 is 1.92 bits per heavy atom. The molecule has 2 unspecified atom stereocenters. The number of benzene rings is 1. The third-order valence-corrected chi connectivity index (χ3v) is 4.91. The molecule has 1 N–H and O–H groups in total. The van der Waals surface area contributed by atoms with E-state index >= 15 is 0 Å². The van der Waals surface area contributed by atoms with Gasteiger partial charge in [-0.2, -0.15) is 0 Å². The largest absolute Gasteiger partial charge is 0.341 e. The number of hydrogen-bond donors (Lipinski definition) is 1. The van der Waals surface area contributed by atoms with Crippen molar-refractivity contribution in [2.75, 3.05) is 0 Å². The van der Waals surface area contributed by atoms with Crippen LogP contribution in [0.25, 0.3) is 0 Å². The Morgan fingerprint density at radius 3 is 2.38 bits per heavy atom. The Kier molecular flexibility index (Phi) is 3.29. The molecule has 0 spiro atoms. The van der Waals surface area contributed by atoms with E-state index in [0.717, 1.165) is 6.42 Å². The lowest BCUT2D eigenvalue weighted by atomic mass is 10.4. The third-order valence-electron chi connectivity index (χ3n) is 2.31. The lowest BCUT2D eigenvalue weighted by Crippen LogP contribution is -2.13. The fourth-order valence-electron chi connectivity index (χ4n) is 1.14. The lowest BCUT2D eigenvalue weighted by molar-refractivity contribution is 0.476. The van der Waals surface area contributed by atoms with Crippen molar-refractivity contribution < 1.29 is 9.46 Å². The van der Waals surface area contributed by atoms with Gasteiger partial charge in [0, 0.05) is 11.0 Å². The molecule has 0 amide bonds. The van der Waals surface area contributed by atoms with Crippen molar-refractivity contribution in [2.45, 2.75) is 25.9 Å². The smallest absolute Gasteiger partial charge is 0.232 e. The molecule has 0 aliphatic carbocycles. The first-order valence-electron chi connectivity index (χ1n) is 4.47. The lowest BCUT2D eigenvalue weighted by Gasteiger charge is -2.17. The maximum Gasteiger partial charge on any atom is 0.232 e. The normalized spacial score (nSPS) is 17.8. The highest BCUT2D eigenvalue weighted by Crippen LogP contribution is 2.45. The second kappa shape index (κ2) is 4.08. The maximum absolute atomic E-state index is 11.9. The summed E-state index contributed by atoms with van der Waals surface area (Å²) < 4.78 is 11.9. The van der Waals surface area contributed by atoms with Gasteiger partial charge in [0.2, 0.25) is 7.37 Å². The molecule has 72 valence electrons. The molecule has 0 radical (unpaired) electrons. The van der Waals surface area contributed by atoms with Crippen LogP contribution >= 0.6 is 7.37 Å². The van der Waals surface area contributed by atoms with Crippen LogP contribution in [0.5, 0.6) is 0 Å². The molecule has 0 aliphatic rings. The van der Waals surface area contributed by atoms with E-state index in [1.54, 1.807) is 24.3 Å². The molecule has 0 aromatic heterocycles. The average Bonchev–Trinajstić information content (AvgIpc) is 2.18. The van der Waals surface area contributed by atoms with Gasteiger partial charge in [0.15, 0.2) is 0 Å². The second-order valence-corrected chi connectivity index (χ2v) is 5.86. The number of rotatable bonds is 3. The van der Waals surface area contributed by atoms with Crippen molar-refractivity contribution >= 4 is 12.7 Å². The van der Waals surface area contributed by atoms with Gasteiger partial charge in [-0.1, -0.05) is 32.0 Å². The number of hydrogen-bond acceptors (Lipinski definition) is 1.